The highest BCUT2D eigenvalue weighted by Crippen LogP contribution is 2.33. The standard InChI is InChI=1S/C27H26FN3O4S/c1-19-12-20(2)14-24(13-19)35-25-7-6-22(18-29)16-26(25)36(33,34)31-10-8-30(9-11-31)27(32)17-21-4-3-5-23(28)15-21/h3-7,12-16H,8-11,17H2,1-2H3. The number of hydrogen-bond acceptors (Lipinski definition) is 5. The van der Waals surface area contributed by atoms with Gasteiger partial charge in [-0.05, 0) is 73.0 Å². The number of ether oxygens (including phenoxy) is 1. The lowest BCUT2D eigenvalue weighted by Gasteiger charge is -2.34. The van der Waals surface area contributed by atoms with Gasteiger partial charge in [0.05, 0.1) is 18.1 Å². The number of sulfonamides is 1. The number of piperazine rings is 1. The number of carbonyl (C=O) groups is 1. The summed E-state index contributed by atoms with van der Waals surface area (Å²) < 4.78 is 47.9. The average molecular weight is 508 g/mol. The van der Waals surface area contributed by atoms with Crippen molar-refractivity contribution in [3.8, 4) is 17.6 Å². The van der Waals surface area contributed by atoms with E-state index in [-0.39, 0.29) is 54.7 Å². The lowest BCUT2D eigenvalue weighted by atomic mass is 10.1. The second-order valence-electron chi connectivity index (χ2n) is 8.79. The number of carbonyl (C=O) groups excluding carboxylic acids is 1. The van der Waals surface area contributed by atoms with E-state index in [1.807, 2.05) is 38.1 Å². The number of nitrogens with zero attached hydrogens (tertiary/aromatic N) is 3. The van der Waals surface area contributed by atoms with Gasteiger partial charge < -0.3 is 9.64 Å². The summed E-state index contributed by atoms with van der Waals surface area (Å²) in [5.41, 5.74) is 2.71. The highest BCUT2D eigenvalue weighted by atomic mass is 32.2. The monoisotopic (exact) mass is 507 g/mol. The van der Waals surface area contributed by atoms with Crippen LogP contribution in [-0.2, 0) is 21.2 Å². The van der Waals surface area contributed by atoms with Crippen LogP contribution in [0.3, 0.4) is 0 Å². The van der Waals surface area contributed by atoms with Crippen LogP contribution in [0.1, 0.15) is 22.3 Å². The Kier molecular flexibility index (Phi) is 7.38. The molecule has 4 rings (SSSR count). The van der Waals surface area contributed by atoms with Crippen molar-refractivity contribution >= 4 is 15.9 Å². The van der Waals surface area contributed by atoms with Crippen LogP contribution < -0.4 is 4.74 Å². The maximum absolute atomic E-state index is 13.6. The number of rotatable bonds is 6. The van der Waals surface area contributed by atoms with Gasteiger partial charge in [0, 0.05) is 26.2 Å². The second-order valence-corrected chi connectivity index (χ2v) is 10.7. The molecule has 0 aliphatic carbocycles. The first-order valence-corrected chi connectivity index (χ1v) is 12.9. The second kappa shape index (κ2) is 10.5. The van der Waals surface area contributed by atoms with Gasteiger partial charge in [-0.2, -0.15) is 9.57 Å². The predicted molar refractivity (Wildman–Crippen MR) is 133 cm³/mol. The number of halogens is 1. The number of hydrogen-bond donors (Lipinski definition) is 0. The van der Waals surface area contributed by atoms with Crippen LogP contribution in [0.4, 0.5) is 4.39 Å². The van der Waals surface area contributed by atoms with Crippen LogP contribution in [0.15, 0.2) is 65.6 Å². The fraction of sp³-hybridized carbons (Fsp3) is 0.259. The van der Waals surface area contributed by atoms with E-state index in [2.05, 4.69) is 0 Å². The molecule has 7 nitrogen and oxygen atoms in total. The van der Waals surface area contributed by atoms with Crippen LogP contribution in [0.5, 0.6) is 11.5 Å². The predicted octanol–water partition coefficient (Wildman–Crippen LogP) is 4.18. The molecule has 3 aromatic rings. The van der Waals surface area contributed by atoms with Crippen molar-refractivity contribution in [2.45, 2.75) is 25.2 Å². The van der Waals surface area contributed by atoms with Gasteiger partial charge in [0.2, 0.25) is 15.9 Å². The Hall–Kier alpha value is -3.74. The third kappa shape index (κ3) is 5.73. The molecule has 0 saturated carbocycles. The average Bonchev–Trinajstić information content (AvgIpc) is 2.83. The van der Waals surface area contributed by atoms with E-state index in [4.69, 9.17) is 4.74 Å². The smallest absolute Gasteiger partial charge is 0.246 e. The van der Waals surface area contributed by atoms with Gasteiger partial charge in [0.25, 0.3) is 0 Å². The highest BCUT2D eigenvalue weighted by molar-refractivity contribution is 7.89. The molecule has 3 aromatic carbocycles. The Morgan fingerprint density at radius 1 is 1.00 bits per heavy atom. The van der Waals surface area contributed by atoms with E-state index in [9.17, 15) is 22.9 Å². The van der Waals surface area contributed by atoms with E-state index in [1.165, 1.54) is 34.6 Å². The summed E-state index contributed by atoms with van der Waals surface area (Å²) in [7, 11) is -4.01. The largest absolute Gasteiger partial charge is 0.456 e. The third-order valence-electron chi connectivity index (χ3n) is 5.95. The molecule has 0 aromatic heterocycles. The molecule has 36 heavy (non-hydrogen) atoms. The van der Waals surface area contributed by atoms with Crippen LogP contribution >= 0.6 is 0 Å². The molecule has 0 N–H and O–H groups in total. The van der Waals surface area contributed by atoms with Gasteiger partial charge >= 0.3 is 0 Å². The van der Waals surface area contributed by atoms with Gasteiger partial charge in [-0.25, -0.2) is 12.8 Å². The summed E-state index contributed by atoms with van der Waals surface area (Å²) in [4.78, 5) is 14.2. The van der Waals surface area contributed by atoms with E-state index in [0.717, 1.165) is 11.1 Å². The van der Waals surface area contributed by atoms with Crippen LogP contribution in [0.25, 0.3) is 0 Å². The summed E-state index contributed by atoms with van der Waals surface area (Å²) >= 11 is 0. The molecule has 186 valence electrons. The van der Waals surface area contributed by atoms with Crippen molar-refractivity contribution in [3.63, 3.8) is 0 Å². The van der Waals surface area contributed by atoms with E-state index in [0.29, 0.717) is 11.3 Å². The molecule has 0 unspecified atom stereocenters. The summed E-state index contributed by atoms with van der Waals surface area (Å²) in [6.45, 7) is 4.45. The zero-order valence-electron chi connectivity index (χ0n) is 20.1. The minimum atomic E-state index is -4.01. The molecule has 9 heteroatoms. The zero-order chi connectivity index (χ0) is 25.9. The van der Waals surface area contributed by atoms with E-state index >= 15 is 0 Å². The minimum Gasteiger partial charge on any atom is -0.456 e. The minimum absolute atomic E-state index is 0.0443. The lowest BCUT2D eigenvalue weighted by molar-refractivity contribution is -0.131. The Bertz CT molecular complexity index is 1420. The Labute approximate surface area is 210 Å². The van der Waals surface area contributed by atoms with Crippen molar-refractivity contribution in [1.82, 2.24) is 9.21 Å². The fourth-order valence-corrected chi connectivity index (χ4v) is 5.79. The molecule has 0 atom stereocenters. The van der Waals surface area contributed by atoms with Crippen LogP contribution in [0.2, 0.25) is 0 Å². The van der Waals surface area contributed by atoms with Crippen molar-refractivity contribution in [3.05, 3.63) is 88.7 Å². The molecule has 1 saturated heterocycles. The molecule has 1 aliphatic heterocycles. The topological polar surface area (TPSA) is 90.7 Å². The normalized spacial score (nSPS) is 14.3. The number of nitriles is 1. The maximum atomic E-state index is 13.6. The van der Waals surface area contributed by atoms with Gasteiger partial charge in [0.15, 0.2) is 0 Å². The Balaban J connectivity index is 1.52. The van der Waals surface area contributed by atoms with Gasteiger partial charge in [-0.1, -0.05) is 18.2 Å². The molecule has 1 heterocycles. The Morgan fingerprint density at radius 3 is 2.33 bits per heavy atom. The summed E-state index contributed by atoms with van der Waals surface area (Å²) in [5.74, 6) is 0.0302. The molecule has 1 fully saturated rings. The molecule has 1 amide bonds. The first-order chi connectivity index (χ1) is 17.2. The first-order valence-electron chi connectivity index (χ1n) is 11.5. The van der Waals surface area contributed by atoms with Crippen molar-refractivity contribution in [1.29, 1.82) is 5.26 Å². The molecule has 0 bridgehead atoms. The SMILES string of the molecule is Cc1cc(C)cc(Oc2ccc(C#N)cc2S(=O)(=O)N2CCN(C(=O)Cc3cccc(F)c3)CC2)c1. The highest BCUT2D eigenvalue weighted by Gasteiger charge is 2.32. The fourth-order valence-electron chi connectivity index (χ4n) is 4.23. The maximum Gasteiger partial charge on any atom is 0.246 e. The third-order valence-corrected chi connectivity index (χ3v) is 7.87. The van der Waals surface area contributed by atoms with Crippen molar-refractivity contribution in [2.24, 2.45) is 0 Å². The summed E-state index contributed by atoms with van der Waals surface area (Å²) in [6.07, 6.45) is 0.0443. The summed E-state index contributed by atoms with van der Waals surface area (Å²) in [5, 5.41) is 9.36. The zero-order valence-corrected chi connectivity index (χ0v) is 20.9. The summed E-state index contributed by atoms with van der Waals surface area (Å²) in [6, 6.07) is 17.8. The van der Waals surface area contributed by atoms with Gasteiger partial charge in [-0.15, -0.1) is 0 Å². The molecule has 0 radical (unpaired) electrons. The quantitative estimate of drug-likeness (QED) is 0.499. The molecular weight excluding hydrogens is 481 g/mol. The van der Waals surface area contributed by atoms with Crippen LogP contribution in [0, 0.1) is 31.0 Å². The van der Waals surface area contributed by atoms with Gasteiger partial charge in [0.1, 0.15) is 22.2 Å². The number of aryl methyl sites for hydroxylation is 2. The van der Waals surface area contributed by atoms with Crippen LogP contribution in [-0.4, -0.2) is 49.7 Å². The molecule has 1 aliphatic rings. The first kappa shape index (κ1) is 25.4. The number of benzene rings is 3. The Morgan fingerprint density at radius 2 is 1.69 bits per heavy atom. The number of amides is 1. The van der Waals surface area contributed by atoms with Crippen molar-refractivity contribution in [2.75, 3.05) is 26.2 Å². The van der Waals surface area contributed by atoms with Crippen molar-refractivity contribution < 1.29 is 22.3 Å². The van der Waals surface area contributed by atoms with Gasteiger partial charge in [-0.3, -0.25) is 4.79 Å². The van der Waals surface area contributed by atoms with E-state index < -0.39 is 15.8 Å². The lowest BCUT2D eigenvalue weighted by Crippen LogP contribution is -2.50. The molecule has 0 spiro atoms. The molecular formula is C27H26FN3O4S. The van der Waals surface area contributed by atoms with E-state index in [1.54, 1.807) is 17.0 Å².